The maximum atomic E-state index is 13.7. The summed E-state index contributed by atoms with van der Waals surface area (Å²) in [6, 6.07) is 15.3. The molecule has 0 radical (unpaired) electrons. The number of rotatable bonds is 10. The van der Waals surface area contributed by atoms with Gasteiger partial charge < -0.3 is 24.6 Å². The Morgan fingerprint density at radius 1 is 0.977 bits per heavy atom. The molecule has 1 saturated heterocycles. The highest BCUT2D eigenvalue weighted by molar-refractivity contribution is 5.94. The van der Waals surface area contributed by atoms with E-state index in [0.29, 0.717) is 18.0 Å². The molecule has 0 spiro atoms. The van der Waals surface area contributed by atoms with Crippen molar-refractivity contribution >= 4 is 17.6 Å². The van der Waals surface area contributed by atoms with Crippen LogP contribution in [0.15, 0.2) is 48.5 Å². The molecule has 3 atom stereocenters. The minimum atomic E-state index is -0.895. The Labute approximate surface area is 252 Å². The molecule has 0 unspecified atom stereocenters. The highest BCUT2D eigenvalue weighted by Gasteiger charge is 2.48. The van der Waals surface area contributed by atoms with Crippen LogP contribution in [-0.2, 0) is 22.4 Å². The Balaban J connectivity index is 1.34. The minimum absolute atomic E-state index is 0.0645. The molecule has 2 aliphatic heterocycles. The van der Waals surface area contributed by atoms with E-state index >= 15 is 0 Å². The van der Waals surface area contributed by atoms with Crippen LogP contribution in [0, 0.1) is 19.8 Å². The average molecular weight is 585 g/mol. The molecular formula is C35H40N2O6. The summed E-state index contributed by atoms with van der Waals surface area (Å²) in [7, 11) is 0. The molecule has 2 N–H and O–H groups in total. The number of benzene rings is 3. The van der Waals surface area contributed by atoms with E-state index in [1.807, 2.05) is 48.2 Å². The minimum Gasteiger partial charge on any atom is -0.490 e. The Bertz CT molecular complexity index is 1510. The fourth-order valence-electron chi connectivity index (χ4n) is 6.71. The summed E-state index contributed by atoms with van der Waals surface area (Å²) in [6.07, 6.45) is 4.00. The lowest BCUT2D eigenvalue weighted by molar-refractivity contribution is -0.143. The standard InChI is InChI=1S/C35H40N2O6/c1-5-22-13-20(3)14-23(6-2)33(22)36-31(38)18-37-17-28(27-16-30-29(15-21(27)4)41-19-42-30)32(35(39)40)34(37)24-7-9-25(10-8-24)43-26-11-12-26/h7-10,13-16,26,28,32,34H,5-6,11-12,17-19H2,1-4H3,(H,36,38)(H,39,40)/t28-,32-,34+/m1/s1. The Kier molecular flexibility index (Phi) is 8.05. The molecule has 6 rings (SSSR count). The molecule has 3 aliphatic rings. The number of aliphatic carboxylic acids is 1. The second-order valence-electron chi connectivity index (χ2n) is 12.0. The average Bonchev–Trinajstić information content (AvgIpc) is 3.55. The van der Waals surface area contributed by atoms with Crippen molar-refractivity contribution in [3.05, 3.63) is 81.9 Å². The molecular weight excluding hydrogens is 544 g/mol. The van der Waals surface area contributed by atoms with Crippen LogP contribution in [0.2, 0.25) is 0 Å². The monoisotopic (exact) mass is 584 g/mol. The summed E-state index contributed by atoms with van der Waals surface area (Å²) in [5.41, 5.74) is 6.95. The van der Waals surface area contributed by atoms with E-state index in [4.69, 9.17) is 14.2 Å². The number of nitrogens with zero attached hydrogens (tertiary/aromatic N) is 1. The largest absolute Gasteiger partial charge is 0.490 e. The smallest absolute Gasteiger partial charge is 0.309 e. The molecule has 3 aromatic carbocycles. The molecule has 0 aromatic heterocycles. The topological polar surface area (TPSA) is 97.3 Å². The van der Waals surface area contributed by atoms with Crippen LogP contribution < -0.4 is 19.5 Å². The number of fused-ring (bicyclic) bond motifs is 1. The Morgan fingerprint density at radius 2 is 1.63 bits per heavy atom. The van der Waals surface area contributed by atoms with Crippen molar-refractivity contribution in [2.45, 2.75) is 71.4 Å². The predicted molar refractivity (Wildman–Crippen MR) is 164 cm³/mol. The zero-order chi connectivity index (χ0) is 30.2. The van der Waals surface area contributed by atoms with Crippen molar-refractivity contribution in [3.63, 3.8) is 0 Å². The first-order valence-electron chi connectivity index (χ1n) is 15.3. The predicted octanol–water partition coefficient (Wildman–Crippen LogP) is 6.18. The van der Waals surface area contributed by atoms with Gasteiger partial charge in [-0.1, -0.05) is 43.7 Å². The van der Waals surface area contributed by atoms with Gasteiger partial charge in [0.1, 0.15) is 5.75 Å². The summed E-state index contributed by atoms with van der Waals surface area (Å²) in [5.74, 6) is -0.114. The number of carboxylic acids is 1. The maximum Gasteiger partial charge on any atom is 0.309 e. The number of hydrogen-bond donors (Lipinski definition) is 2. The quantitative estimate of drug-likeness (QED) is 0.294. The fraction of sp³-hybridized carbons (Fsp3) is 0.429. The lowest BCUT2D eigenvalue weighted by Crippen LogP contribution is -2.35. The van der Waals surface area contributed by atoms with Crippen molar-refractivity contribution in [1.29, 1.82) is 0 Å². The molecule has 8 nitrogen and oxygen atoms in total. The molecule has 1 aliphatic carbocycles. The van der Waals surface area contributed by atoms with E-state index in [1.165, 1.54) is 5.56 Å². The summed E-state index contributed by atoms with van der Waals surface area (Å²) >= 11 is 0. The number of carboxylic acid groups (broad SMARTS) is 1. The molecule has 3 aromatic rings. The molecule has 8 heteroatoms. The maximum absolute atomic E-state index is 13.7. The van der Waals surface area contributed by atoms with E-state index in [2.05, 4.69) is 38.2 Å². The van der Waals surface area contributed by atoms with Gasteiger partial charge in [0.2, 0.25) is 12.7 Å². The molecule has 1 saturated carbocycles. The zero-order valence-electron chi connectivity index (χ0n) is 25.3. The van der Waals surface area contributed by atoms with Crippen LogP contribution in [0.4, 0.5) is 5.69 Å². The molecule has 226 valence electrons. The fourth-order valence-corrected chi connectivity index (χ4v) is 6.71. The molecule has 43 heavy (non-hydrogen) atoms. The number of nitrogens with one attached hydrogen (secondary N) is 1. The first kappa shape index (κ1) is 29.1. The summed E-state index contributed by atoms with van der Waals surface area (Å²) in [5, 5.41) is 13.9. The summed E-state index contributed by atoms with van der Waals surface area (Å²) in [6.45, 7) is 8.85. The third-order valence-electron chi connectivity index (χ3n) is 8.91. The lowest BCUT2D eigenvalue weighted by Gasteiger charge is -2.27. The van der Waals surface area contributed by atoms with Crippen LogP contribution in [0.5, 0.6) is 17.2 Å². The molecule has 2 heterocycles. The second kappa shape index (κ2) is 11.9. The second-order valence-corrected chi connectivity index (χ2v) is 12.0. The lowest BCUT2D eigenvalue weighted by atomic mass is 9.81. The van der Waals surface area contributed by atoms with Crippen molar-refractivity contribution < 1.29 is 28.9 Å². The number of carbonyl (C=O) groups excluding carboxylic acids is 1. The third-order valence-corrected chi connectivity index (χ3v) is 8.91. The van der Waals surface area contributed by atoms with Gasteiger partial charge in [-0.05, 0) is 91.6 Å². The number of carbonyl (C=O) groups is 2. The van der Waals surface area contributed by atoms with E-state index in [1.54, 1.807) is 0 Å². The van der Waals surface area contributed by atoms with E-state index in [9.17, 15) is 14.7 Å². The van der Waals surface area contributed by atoms with Crippen LogP contribution in [0.25, 0.3) is 0 Å². The van der Waals surface area contributed by atoms with E-state index in [-0.39, 0.29) is 31.3 Å². The molecule has 1 amide bonds. The first-order chi connectivity index (χ1) is 20.7. The van der Waals surface area contributed by atoms with Gasteiger partial charge in [-0.25, -0.2) is 0 Å². The SMILES string of the molecule is CCc1cc(C)cc(CC)c1NC(=O)CN1C[C@H](c2cc3c(cc2C)OCO3)[C@@H](C(=O)O)[C@@H]1c1ccc(OC2CC2)cc1. The summed E-state index contributed by atoms with van der Waals surface area (Å²) in [4.78, 5) is 28.8. The highest BCUT2D eigenvalue weighted by atomic mass is 16.7. The van der Waals surface area contributed by atoms with Gasteiger partial charge in [0.15, 0.2) is 11.5 Å². The van der Waals surface area contributed by atoms with Gasteiger partial charge in [-0.2, -0.15) is 0 Å². The number of likely N-dealkylation sites (tertiary alicyclic amines) is 1. The zero-order valence-corrected chi connectivity index (χ0v) is 25.3. The first-order valence-corrected chi connectivity index (χ1v) is 15.3. The van der Waals surface area contributed by atoms with Gasteiger partial charge in [0, 0.05) is 24.2 Å². The van der Waals surface area contributed by atoms with Crippen molar-refractivity contribution in [2.75, 3.05) is 25.2 Å². The van der Waals surface area contributed by atoms with Crippen LogP contribution in [-0.4, -0.2) is 47.9 Å². The Hall–Kier alpha value is -4.04. The number of amides is 1. The molecule has 0 bridgehead atoms. The number of hydrogen-bond acceptors (Lipinski definition) is 6. The van der Waals surface area contributed by atoms with Crippen molar-refractivity contribution in [1.82, 2.24) is 4.90 Å². The van der Waals surface area contributed by atoms with Crippen molar-refractivity contribution in [3.8, 4) is 17.2 Å². The normalized spacial score (nSPS) is 21.2. The van der Waals surface area contributed by atoms with E-state index in [0.717, 1.165) is 64.9 Å². The number of ether oxygens (including phenoxy) is 3. The van der Waals surface area contributed by atoms with Crippen LogP contribution in [0.3, 0.4) is 0 Å². The van der Waals surface area contributed by atoms with Gasteiger partial charge >= 0.3 is 5.97 Å². The van der Waals surface area contributed by atoms with Crippen molar-refractivity contribution in [2.24, 2.45) is 5.92 Å². The van der Waals surface area contributed by atoms with E-state index < -0.39 is 17.9 Å². The van der Waals surface area contributed by atoms with Crippen LogP contribution in [0.1, 0.15) is 72.0 Å². The third kappa shape index (κ3) is 5.93. The molecule has 2 fully saturated rings. The van der Waals surface area contributed by atoms with Gasteiger partial charge in [-0.3, -0.25) is 14.5 Å². The van der Waals surface area contributed by atoms with Gasteiger partial charge in [0.25, 0.3) is 0 Å². The summed E-state index contributed by atoms with van der Waals surface area (Å²) < 4.78 is 17.2. The van der Waals surface area contributed by atoms with Gasteiger partial charge in [-0.15, -0.1) is 0 Å². The van der Waals surface area contributed by atoms with Crippen LogP contribution >= 0.6 is 0 Å². The number of anilines is 1. The number of aryl methyl sites for hydroxylation is 4. The van der Waals surface area contributed by atoms with Gasteiger partial charge in [0.05, 0.1) is 18.6 Å². The highest BCUT2D eigenvalue weighted by Crippen LogP contribution is 2.49. The Morgan fingerprint density at radius 3 is 2.23 bits per heavy atom.